The maximum absolute atomic E-state index is 14.3. The number of sulfonamides is 2. The van der Waals surface area contributed by atoms with Gasteiger partial charge in [-0.15, -0.1) is 0 Å². The molecule has 0 aromatic heterocycles. The molecule has 6 heterocycles. The number of aliphatic hydroxyl groups excluding tert-OH is 3. The number of nitro benzene ring substituents is 2. The molecule has 6 aliphatic rings. The highest BCUT2D eigenvalue weighted by molar-refractivity contribution is 7.89. The van der Waals surface area contributed by atoms with Gasteiger partial charge in [0.1, 0.15) is 72.8 Å². The predicted molar refractivity (Wildman–Crippen MR) is 399 cm³/mol. The number of ether oxygens (including phenoxy) is 12. The van der Waals surface area contributed by atoms with E-state index in [2.05, 4.69) is 9.47 Å². The van der Waals surface area contributed by atoms with Crippen LogP contribution in [0, 0.1) is 55.7 Å². The van der Waals surface area contributed by atoms with Crippen molar-refractivity contribution in [3.8, 4) is 23.0 Å². The minimum atomic E-state index is -4.00. The van der Waals surface area contributed by atoms with E-state index in [9.17, 15) is 88.0 Å². The fraction of sp³-hybridized carbons (Fsp3) is 0.487. The normalized spacial score (nSPS) is 22.9. The number of carbonyl (C=O) groups is 3. The molecular formula is C76H90ClF6N5O26S2. The molecule has 12 rings (SSSR count). The summed E-state index contributed by atoms with van der Waals surface area (Å²) in [5.74, 6) is -13.5. The summed E-state index contributed by atoms with van der Waals surface area (Å²) in [6.07, 6.45) is -9.66. The zero-order chi connectivity index (χ0) is 85.0. The second-order valence-electron chi connectivity index (χ2n) is 28.3. The van der Waals surface area contributed by atoms with Crippen molar-refractivity contribution in [2.75, 3.05) is 80.0 Å². The van der Waals surface area contributed by atoms with Crippen LogP contribution in [0.5, 0.6) is 23.0 Å². The Labute approximate surface area is 669 Å². The molecule has 0 amide bonds. The molecule has 6 aromatic rings. The number of aliphatic hydroxyl groups is 3. The molecule has 0 spiro atoms. The number of nitrogens with two attached hydrogens (primary N) is 1. The molecule has 6 fully saturated rings. The minimum Gasteiger partial charge on any atom is -0.497 e. The predicted octanol–water partition coefficient (Wildman–Crippen LogP) is 10.2. The van der Waals surface area contributed by atoms with Gasteiger partial charge in [0.25, 0.3) is 29.1 Å². The lowest BCUT2D eigenvalue weighted by Gasteiger charge is -2.30. The summed E-state index contributed by atoms with van der Waals surface area (Å²) in [7, 11) is -4.76. The lowest BCUT2D eigenvalue weighted by molar-refractivity contribution is -0.385. The van der Waals surface area contributed by atoms with E-state index in [4.69, 9.17) is 69.8 Å². The summed E-state index contributed by atoms with van der Waals surface area (Å²) >= 11 is 4.92. The van der Waals surface area contributed by atoms with Gasteiger partial charge in [0.15, 0.2) is 18.9 Å². The second-order valence-corrected chi connectivity index (χ2v) is 32.5. The highest BCUT2D eigenvalue weighted by atomic mass is 35.5. The lowest BCUT2D eigenvalue weighted by atomic mass is 9.90. The number of fused-ring (bicyclic) bond motifs is 3. The Bertz CT molecular complexity index is 4410. The fourth-order valence-corrected chi connectivity index (χ4v) is 16.2. The van der Waals surface area contributed by atoms with Crippen molar-refractivity contribution in [3.05, 3.63) is 189 Å². The molecule has 0 saturated carbocycles. The Hall–Kier alpha value is -8.78. The summed E-state index contributed by atoms with van der Waals surface area (Å²) in [6, 6.07) is 40.0. The van der Waals surface area contributed by atoms with Crippen molar-refractivity contribution in [1.29, 1.82) is 0 Å². The van der Waals surface area contributed by atoms with Gasteiger partial charge in [-0.2, -0.15) is 8.61 Å². The summed E-state index contributed by atoms with van der Waals surface area (Å²) in [6.45, 7) is 4.97. The quantitative estimate of drug-likeness (QED) is 0.00885. The van der Waals surface area contributed by atoms with E-state index < -0.39 is 164 Å². The molecule has 0 radical (unpaired) electrons. The van der Waals surface area contributed by atoms with Gasteiger partial charge < -0.3 is 77.9 Å². The number of carbonyl (C=O) groups excluding carboxylic acids is 3. The summed E-state index contributed by atoms with van der Waals surface area (Å²) in [5.41, 5.74) is 6.75. The number of halogens is 7. The van der Waals surface area contributed by atoms with Crippen LogP contribution in [0.4, 0.5) is 47.3 Å². The van der Waals surface area contributed by atoms with Gasteiger partial charge >= 0.3 is 17.6 Å². The van der Waals surface area contributed by atoms with E-state index in [1.54, 1.807) is 24.3 Å². The molecular weight excluding hydrogens is 1610 g/mol. The van der Waals surface area contributed by atoms with Crippen LogP contribution >= 0.6 is 11.6 Å². The minimum absolute atomic E-state index is 0.00880. The van der Waals surface area contributed by atoms with E-state index >= 15 is 0 Å². The zero-order valence-corrected chi connectivity index (χ0v) is 65.8. The highest BCUT2D eigenvalue weighted by Gasteiger charge is 2.62. The molecule has 0 bridgehead atoms. The number of rotatable bonds is 28. The molecule has 6 aliphatic heterocycles. The Morgan fingerprint density at radius 1 is 0.526 bits per heavy atom. The highest BCUT2D eigenvalue weighted by Crippen LogP contribution is 2.46. The Kier molecular flexibility index (Phi) is 33.2. The van der Waals surface area contributed by atoms with Gasteiger partial charge in [-0.1, -0.05) is 88.4 Å². The van der Waals surface area contributed by atoms with E-state index in [0.717, 1.165) is 23.3 Å². The van der Waals surface area contributed by atoms with Gasteiger partial charge in [-0.25, -0.2) is 52.8 Å². The van der Waals surface area contributed by atoms with E-state index in [1.807, 2.05) is 88.4 Å². The van der Waals surface area contributed by atoms with Crippen molar-refractivity contribution in [2.45, 2.75) is 130 Å². The average molecular weight is 1700 g/mol. The Morgan fingerprint density at radius 2 is 0.897 bits per heavy atom. The van der Waals surface area contributed by atoms with Crippen LogP contribution in [0.15, 0.2) is 168 Å². The number of esters is 1. The van der Waals surface area contributed by atoms with Crippen molar-refractivity contribution in [1.82, 2.24) is 8.61 Å². The molecule has 116 heavy (non-hydrogen) atoms. The maximum Gasteiger partial charge on any atom is 0.514 e. The average Bonchev–Trinajstić information content (AvgIpc) is 1.57. The van der Waals surface area contributed by atoms with Gasteiger partial charge in [-0.05, 0) is 109 Å². The Morgan fingerprint density at radius 3 is 1.29 bits per heavy atom. The first-order valence-electron chi connectivity index (χ1n) is 36.1. The molecule has 5 N–H and O–H groups in total. The second kappa shape index (κ2) is 41.6. The van der Waals surface area contributed by atoms with Crippen LogP contribution in [0.1, 0.15) is 45.2 Å². The van der Waals surface area contributed by atoms with Crippen molar-refractivity contribution < 1.29 is 140 Å². The van der Waals surface area contributed by atoms with E-state index in [1.165, 1.54) is 83.5 Å². The van der Waals surface area contributed by atoms with Gasteiger partial charge in [0.2, 0.25) is 20.0 Å². The molecule has 0 unspecified atom stereocenters. The van der Waals surface area contributed by atoms with Crippen molar-refractivity contribution in [2.24, 2.45) is 41.2 Å². The number of benzene rings is 6. The summed E-state index contributed by atoms with van der Waals surface area (Å²) < 4.78 is 197. The third kappa shape index (κ3) is 25.9. The number of non-ortho nitro benzene ring substituents is 2. The van der Waals surface area contributed by atoms with Crippen LogP contribution < -0.4 is 24.7 Å². The Balaban J connectivity index is 0.000000195. The van der Waals surface area contributed by atoms with Gasteiger partial charge in [-0.3, -0.25) is 25.0 Å². The third-order valence-corrected chi connectivity index (χ3v) is 22.4. The largest absolute Gasteiger partial charge is 0.514 e. The first-order chi connectivity index (χ1) is 54.7. The van der Waals surface area contributed by atoms with E-state index in [0.29, 0.717) is 24.5 Å². The zero-order valence-electron chi connectivity index (χ0n) is 63.4. The number of hydrogen-bond acceptors (Lipinski definition) is 27. The molecule has 40 heteroatoms. The standard InChI is InChI=1S/C29H37F2NO8S.C21H30N2O4S.C13H11F2NO7.C7H4ClNO4.C6H8F2O3/c1-19(2)15-32(41(35,36)23-11-9-22(37-3)10-12-23)16-24(33)21(13-20-7-5-4-6-8-20)14-26(34)40-25-17-38-28-27(25)29(30,31)18-39-28;1-16(2)14-23(28(25,26)19-11-9-18(27-3)10-12-19)15-21(24)20(22)13-17-7-5-4-6-8-17;14-13(15)6-21-11-10(13)9(5-20-11)23-12(17)22-8-3-1-7(2-4-8)16(18)19;8-7(10)13-6-3-1-5(2-4-6)9(11)12;7-6(8)2-11-5-4(6)3(9)1-10-5/h4-12,19,21,24-25,27-28,33H,13-18H2,1-3H3;4-12,16,20-21,24H,13-15,22H2,1-3H3;1-4,9-11H,5-6H2;1-4H;3-5,9H,1-2H2/t21-,24-,25+,27+,28+;20-,21+;9-,10-,11-;;3-,4-,5-/m100.0/s1. The number of alkyl halides is 6. The monoisotopic (exact) mass is 1700 g/mol. The SMILES string of the molecule is COc1ccc(S(=O)(=O)N(CC(C)C)C[C@@H](O)[C@@H](CC(=O)O[C@H]2CO[C@H]3OCC(F)(F)[C@H]32)Cc2ccccc2)cc1.COc1ccc(S(=O)(=O)N(CC(C)C)C[C@@H](O)[C@@H](N)Cc2ccccc2)cc1.O=C(Cl)Oc1ccc([N+](=O)[O-])cc1.O=C(Oc1ccc([N+](=O)[O-])cc1)O[C@H]1CO[C@H]2OCC(F)(F)[C@H]21.O[C@H]1CO[C@H]2OCC(F)(F)[C@H]21. The van der Waals surface area contributed by atoms with Gasteiger partial charge in [0, 0.05) is 74.0 Å². The molecule has 636 valence electrons. The van der Waals surface area contributed by atoms with Crippen LogP contribution in [0.3, 0.4) is 0 Å². The summed E-state index contributed by atoms with van der Waals surface area (Å²) in [5, 5.41) is 51.8. The number of methoxy groups -OCH3 is 2. The molecule has 0 aliphatic carbocycles. The van der Waals surface area contributed by atoms with E-state index in [-0.39, 0.29) is 96.8 Å². The molecule has 31 nitrogen and oxygen atoms in total. The van der Waals surface area contributed by atoms with Crippen LogP contribution in [0.25, 0.3) is 0 Å². The number of nitrogens with zero attached hydrogens (tertiary/aromatic N) is 4. The van der Waals surface area contributed by atoms with Crippen molar-refractivity contribution in [3.63, 3.8) is 0 Å². The van der Waals surface area contributed by atoms with Crippen LogP contribution in [-0.4, -0.2) is 221 Å². The molecule has 6 saturated heterocycles. The van der Waals surface area contributed by atoms with Crippen molar-refractivity contribution >= 4 is 60.6 Å². The van der Waals surface area contributed by atoms with Crippen LogP contribution in [0.2, 0.25) is 0 Å². The molecule has 6 aromatic carbocycles. The smallest absolute Gasteiger partial charge is 0.497 e. The fourth-order valence-electron chi connectivity index (χ4n) is 12.9. The third-order valence-electron chi connectivity index (χ3n) is 18.6. The molecule has 13 atom stereocenters. The topological polar surface area (TPSA) is 410 Å². The summed E-state index contributed by atoms with van der Waals surface area (Å²) in [4.78, 5) is 54.7. The first-order valence-corrected chi connectivity index (χ1v) is 39.4. The first kappa shape index (κ1) is 92.7. The number of nitro groups is 2. The lowest BCUT2D eigenvalue weighted by Crippen LogP contribution is -2.47. The van der Waals surface area contributed by atoms with Gasteiger partial charge in [0.05, 0.1) is 78.4 Å². The number of hydrogen-bond donors (Lipinski definition) is 4. The maximum atomic E-state index is 14.3. The van der Waals surface area contributed by atoms with Crippen LogP contribution in [-0.2, 0) is 75.6 Å².